The van der Waals surface area contributed by atoms with Crippen molar-refractivity contribution < 1.29 is 14.6 Å². The summed E-state index contributed by atoms with van der Waals surface area (Å²) in [7, 11) is 0. The van der Waals surface area contributed by atoms with Crippen molar-refractivity contribution in [2.75, 3.05) is 19.0 Å². The van der Waals surface area contributed by atoms with E-state index in [0.29, 0.717) is 19.0 Å². The molecule has 1 aliphatic heterocycles. The van der Waals surface area contributed by atoms with E-state index in [4.69, 9.17) is 9.47 Å². The zero-order valence-corrected chi connectivity index (χ0v) is 11.8. The van der Waals surface area contributed by atoms with Crippen LogP contribution in [0.4, 0.5) is 0 Å². The van der Waals surface area contributed by atoms with E-state index in [-0.39, 0.29) is 0 Å². The highest BCUT2D eigenvalue weighted by molar-refractivity contribution is 7.99. The molecule has 0 aliphatic carbocycles. The fourth-order valence-corrected chi connectivity index (χ4v) is 2.95. The number of aliphatic hydroxyl groups excluding tert-OH is 1. The number of hydrogen-bond donors (Lipinski definition) is 1. The first-order valence-electron chi connectivity index (χ1n) is 6.58. The van der Waals surface area contributed by atoms with Crippen LogP contribution in [0.15, 0.2) is 53.4 Å². The van der Waals surface area contributed by atoms with Crippen LogP contribution in [0, 0.1) is 0 Å². The van der Waals surface area contributed by atoms with Crippen LogP contribution < -0.4 is 9.47 Å². The lowest BCUT2D eigenvalue weighted by atomic mass is 10.1. The Balaban J connectivity index is 1.66. The number of thioether (sulfide) groups is 1. The normalized spacial score (nSPS) is 14.8. The quantitative estimate of drug-likeness (QED) is 0.876. The summed E-state index contributed by atoms with van der Waals surface area (Å²) >= 11 is 1.64. The van der Waals surface area contributed by atoms with Crippen molar-refractivity contribution in [1.82, 2.24) is 0 Å². The molecule has 0 fully saturated rings. The Labute approximate surface area is 122 Å². The van der Waals surface area contributed by atoms with Crippen molar-refractivity contribution in [3.8, 4) is 11.5 Å². The van der Waals surface area contributed by atoms with E-state index in [1.165, 1.54) is 0 Å². The molecule has 0 amide bonds. The van der Waals surface area contributed by atoms with E-state index in [1.807, 2.05) is 48.5 Å². The molecule has 0 spiro atoms. The van der Waals surface area contributed by atoms with Gasteiger partial charge in [-0.3, -0.25) is 0 Å². The second kappa shape index (κ2) is 6.20. The summed E-state index contributed by atoms with van der Waals surface area (Å²) in [6.45, 7) is 1.14. The van der Waals surface area contributed by atoms with Gasteiger partial charge in [-0.1, -0.05) is 24.3 Å². The van der Waals surface area contributed by atoms with Gasteiger partial charge in [0.2, 0.25) is 0 Å². The molecule has 1 aliphatic rings. The van der Waals surface area contributed by atoms with E-state index >= 15 is 0 Å². The summed E-state index contributed by atoms with van der Waals surface area (Å²) in [6, 6.07) is 15.7. The summed E-state index contributed by atoms with van der Waals surface area (Å²) in [4.78, 5) is 1.16. The average Bonchev–Trinajstić information content (AvgIpc) is 2.53. The minimum atomic E-state index is -0.518. The van der Waals surface area contributed by atoms with E-state index in [9.17, 15) is 5.11 Å². The maximum atomic E-state index is 10.3. The fourth-order valence-electron chi connectivity index (χ4n) is 2.06. The molecule has 3 rings (SSSR count). The highest BCUT2D eigenvalue weighted by Crippen LogP contribution is 2.34. The SMILES string of the molecule is OC(CSc1ccccc1)c1ccc2c(c1)OCCO2. The molecule has 0 saturated carbocycles. The molecular weight excluding hydrogens is 272 g/mol. The van der Waals surface area contributed by atoms with Gasteiger partial charge in [-0.25, -0.2) is 0 Å². The molecule has 3 nitrogen and oxygen atoms in total. The monoisotopic (exact) mass is 288 g/mol. The Morgan fingerprint density at radius 1 is 1.00 bits per heavy atom. The van der Waals surface area contributed by atoms with Crippen LogP contribution in [-0.4, -0.2) is 24.1 Å². The zero-order chi connectivity index (χ0) is 13.8. The van der Waals surface area contributed by atoms with Crippen LogP contribution in [0.25, 0.3) is 0 Å². The van der Waals surface area contributed by atoms with E-state index in [0.717, 1.165) is 22.0 Å². The first kappa shape index (κ1) is 13.3. The maximum absolute atomic E-state index is 10.3. The van der Waals surface area contributed by atoms with E-state index in [2.05, 4.69) is 0 Å². The van der Waals surface area contributed by atoms with Crippen molar-refractivity contribution in [3.63, 3.8) is 0 Å². The molecule has 0 saturated heterocycles. The number of aliphatic hydroxyl groups is 1. The van der Waals surface area contributed by atoms with Gasteiger partial charge in [-0.15, -0.1) is 11.8 Å². The molecule has 2 aromatic carbocycles. The smallest absolute Gasteiger partial charge is 0.161 e. The van der Waals surface area contributed by atoms with Crippen LogP contribution >= 0.6 is 11.8 Å². The van der Waals surface area contributed by atoms with Gasteiger partial charge in [0.1, 0.15) is 13.2 Å². The maximum Gasteiger partial charge on any atom is 0.161 e. The predicted octanol–water partition coefficient (Wildman–Crippen LogP) is 3.28. The van der Waals surface area contributed by atoms with Crippen molar-refractivity contribution in [3.05, 3.63) is 54.1 Å². The van der Waals surface area contributed by atoms with Crippen LogP contribution in [-0.2, 0) is 0 Å². The second-order valence-corrected chi connectivity index (χ2v) is 5.64. The third-order valence-corrected chi connectivity index (χ3v) is 4.19. The molecule has 4 heteroatoms. The molecule has 1 heterocycles. The highest BCUT2D eigenvalue weighted by Gasteiger charge is 2.15. The van der Waals surface area contributed by atoms with Crippen molar-refractivity contribution >= 4 is 11.8 Å². The number of ether oxygens (including phenoxy) is 2. The number of hydrogen-bond acceptors (Lipinski definition) is 4. The summed E-state index contributed by atoms with van der Waals surface area (Å²) < 4.78 is 11.0. The van der Waals surface area contributed by atoms with Crippen LogP contribution in [0.1, 0.15) is 11.7 Å². The number of benzene rings is 2. The lowest BCUT2D eigenvalue weighted by Crippen LogP contribution is -2.15. The minimum absolute atomic E-state index is 0.518. The van der Waals surface area contributed by atoms with Gasteiger partial charge in [0.15, 0.2) is 11.5 Å². The number of fused-ring (bicyclic) bond motifs is 1. The fraction of sp³-hybridized carbons (Fsp3) is 0.250. The van der Waals surface area contributed by atoms with Crippen molar-refractivity contribution in [2.45, 2.75) is 11.0 Å². The molecule has 0 radical (unpaired) electrons. The second-order valence-electron chi connectivity index (χ2n) is 4.54. The van der Waals surface area contributed by atoms with Crippen LogP contribution in [0.5, 0.6) is 11.5 Å². The Morgan fingerprint density at radius 2 is 1.75 bits per heavy atom. The molecule has 1 atom stereocenters. The topological polar surface area (TPSA) is 38.7 Å². The molecule has 2 aromatic rings. The van der Waals surface area contributed by atoms with Gasteiger partial charge in [-0.05, 0) is 29.8 Å². The van der Waals surface area contributed by atoms with Gasteiger partial charge in [0.05, 0.1) is 6.10 Å². The molecule has 20 heavy (non-hydrogen) atoms. The van der Waals surface area contributed by atoms with Gasteiger partial charge in [-0.2, -0.15) is 0 Å². The molecular formula is C16H16O3S. The minimum Gasteiger partial charge on any atom is -0.486 e. The van der Waals surface area contributed by atoms with Crippen LogP contribution in [0.3, 0.4) is 0 Å². The average molecular weight is 288 g/mol. The Bertz CT molecular complexity index is 571. The third-order valence-electron chi connectivity index (χ3n) is 3.10. The summed E-state index contributed by atoms with van der Waals surface area (Å²) in [5.41, 5.74) is 0.859. The van der Waals surface area contributed by atoms with Gasteiger partial charge >= 0.3 is 0 Å². The third kappa shape index (κ3) is 3.08. The summed E-state index contributed by atoms with van der Waals surface area (Å²) in [6.07, 6.45) is -0.518. The van der Waals surface area contributed by atoms with Crippen molar-refractivity contribution in [2.24, 2.45) is 0 Å². The summed E-state index contributed by atoms with van der Waals surface area (Å²) in [5, 5.41) is 10.3. The lowest BCUT2D eigenvalue weighted by molar-refractivity contribution is 0.169. The number of rotatable bonds is 4. The molecule has 0 aromatic heterocycles. The first-order chi connectivity index (χ1) is 9.83. The largest absolute Gasteiger partial charge is 0.486 e. The van der Waals surface area contributed by atoms with E-state index in [1.54, 1.807) is 11.8 Å². The van der Waals surface area contributed by atoms with Gasteiger partial charge in [0.25, 0.3) is 0 Å². The predicted molar refractivity (Wildman–Crippen MR) is 79.6 cm³/mol. The summed E-state index contributed by atoms with van der Waals surface area (Å²) in [5.74, 6) is 2.09. The Hall–Kier alpha value is -1.65. The molecule has 104 valence electrons. The van der Waals surface area contributed by atoms with Crippen LogP contribution in [0.2, 0.25) is 0 Å². The first-order valence-corrected chi connectivity index (χ1v) is 7.57. The molecule has 1 N–H and O–H groups in total. The molecule has 1 unspecified atom stereocenters. The zero-order valence-electron chi connectivity index (χ0n) is 11.0. The highest BCUT2D eigenvalue weighted by atomic mass is 32.2. The Kier molecular flexibility index (Phi) is 4.14. The van der Waals surface area contributed by atoms with E-state index < -0.39 is 6.10 Å². The van der Waals surface area contributed by atoms with Gasteiger partial charge < -0.3 is 14.6 Å². The Morgan fingerprint density at radius 3 is 2.55 bits per heavy atom. The van der Waals surface area contributed by atoms with Gasteiger partial charge in [0, 0.05) is 10.6 Å². The van der Waals surface area contributed by atoms with Crippen molar-refractivity contribution in [1.29, 1.82) is 0 Å². The lowest BCUT2D eigenvalue weighted by Gasteiger charge is -2.20. The standard InChI is InChI=1S/C16H16O3S/c17-14(11-20-13-4-2-1-3-5-13)12-6-7-15-16(10-12)19-9-8-18-15/h1-7,10,14,17H,8-9,11H2. The molecule has 0 bridgehead atoms.